The minimum absolute atomic E-state index is 0.135. The lowest BCUT2D eigenvalue weighted by molar-refractivity contribution is 0.0907. The van der Waals surface area contributed by atoms with Crippen LogP contribution in [-0.4, -0.2) is 63.5 Å². The molecule has 3 N–H and O–H groups in total. The SMILES string of the molecule is C=C(Nc1c(C)c(-c2ccnc(C(=O)NC3CCN(CC)CC3)c2)nn1-c1ccccc1)N[C@H](CCC)CC(C)CP. The minimum atomic E-state index is -0.135. The second-order valence-corrected chi connectivity index (χ2v) is 12.0. The van der Waals surface area contributed by atoms with Gasteiger partial charge < -0.3 is 20.9 Å². The molecule has 1 aromatic carbocycles. The second-order valence-electron chi connectivity index (χ2n) is 11.5. The van der Waals surface area contributed by atoms with Crippen LogP contribution in [0.1, 0.15) is 68.9 Å². The van der Waals surface area contributed by atoms with Crippen LogP contribution in [0.3, 0.4) is 0 Å². The number of benzene rings is 1. The van der Waals surface area contributed by atoms with Gasteiger partial charge in [-0.25, -0.2) is 4.68 Å². The van der Waals surface area contributed by atoms with Crippen LogP contribution < -0.4 is 16.0 Å². The van der Waals surface area contributed by atoms with Crippen molar-refractivity contribution >= 4 is 21.0 Å². The molecule has 1 aliphatic heterocycles. The molecule has 3 aromatic rings. The van der Waals surface area contributed by atoms with Crippen molar-refractivity contribution in [3.8, 4) is 16.9 Å². The third-order valence-corrected chi connectivity index (χ3v) is 8.94. The van der Waals surface area contributed by atoms with E-state index in [1.807, 2.05) is 47.1 Å². The molecule has 0 aliphatic carbocycles. The van der Waals surface area contributed by atoms with Crippen LogP contribution in [0.15, 0.2) is 61.1 Å². The molecule has 1 fully saturated rings. The number of likely N-dealkylation sites (tertiary alicyclic amines) is 1. The maximum Gasteiger partial charge on any atom is 0.270 e. The Labute approximate surface area is 254 Å². The summed E-state index contributed by atoms with van der Waals surface area (Å²) in [7, 11) is 2.86. The average Bonchev–Trinajstić information content (AvgIpc) is 3.33. The van der Waals surface area contributed by atoms with Gasteiger partial charge in [0.25, 0.3) is 5.91 Å². The summed E-state index contributed by atoms with van der Waals surface area (Å²) in [6.07, 6.45) is 7.97. The molecule has 1 saturated heterocycles. The van der Waals surface area contributed by atoms with Crippen molar-refractivity contribution in [2.75, 3.05) is 31.1 Å². The van der Waals surface area contributed by atoms with Gasteiger partial charge in [-0.05, 0) is 75.5 Å². The Kier molecular flexibility index (Phi) is 11.6. The molecule has 0 spiro atoms. The van der Waals surface area contributed by atoms with Crippen LogP contribution in [0.2, 0.25) is 0 Å². The van der Waals surface area contributed by atoms with Crippen molar-refractivity contribution in [3.05, 3.63) is 72.3 Å². The van der Waals surface area contributed by atoms with Crippen LogP contribution >= 0.6 is 9.24 Å². The summed E-state index contributed by atoms with van der Waals surface area (Å²) in [6, 6.07) is 14.4. The van der Waals surface area contributed by atoms with E-state index >= 15 is 0 Å². The number of piperidine rings is 1. The highest BCUT2D eigenvalue weighted by molar-refractivity contribution is 7.16. The smallest absolute Gasteiger partial charge is 0.270 e. The fourth-order valence-electron chi connectivity index (χ4n) is 5.63. The predicted molar refractivity (Wildman–Crippen MR) is 177 cm³/mol. The topological polar surface area (TPSA) is 87.1 Å². The van der Waals surface area contributed by atoms with Gasteiger partial charge in [0.1, 0.15) is 11.5 Å². The van der Waals surface area contributed by atoms with Gasteiger partial charge in [0.2, 0.25) is 0 Å². The predicted octanol–water partition coefficient (Wildman–Crippen LogP) is 6.00. The number of hydrogen-bond acceptors (Lipinski definition) is 6. The molecule has 0 radical (unpaired) electrons. The number of nitrogens with zero attached hydrogens (tertiary/aromatic N) is 4. The number of rotatable bonds is 14. The summed E-state index contributed by atoms with van der Waals surface area (Å²) >= 11 is 0. The van der Waals surface area contributed by atoms with Gasteiger partial charge in [-0.2, -0.15) is 5.10 Å². The van der Waals surface area contributed by atoms with Crippen molar-refractivity contribution in [1.82, 2.24) is 30.3 Å². The van der Waals surface area contributed by atoms with Crippen LogP contribution in [0.4, 0.5) is 5.82 Å². The van der Waals surface area contributed by atoms with Crippen molar-refractivity contribution < 1.29 is 4.79 Å². The number of amides is 1. The Hall–Kier alpha value is -3.22. The average molecular weight is 590 g/mol. The summed E-state index contributed by atoms with van der Waals surface area (Å²) in [5, 5.41) is 15.4. The molecule has 9 heteroatoms. The van der Waals surface area contributed by atoms with Crippen LogP contribution in [0, 0.1) is 12.8 Å². The molecule has 2 aromatic heterocycles. The minimum Gasteiger partial charge on any atom is -0.369 e. The number of pyridine rings is 1. The summed E-state index contributed by atoms with van der Waals surface area (Å²) in [5.74, 6) is 2.07. The first-order chi connectivity index (χ1) is 20.3. The Balaban J connectivity index is 1.58. The highest BCUT2D eigenvalue weighted by Gasteiger charge is 2.23. The summed E-state index contributed by atoms with van der Waals surface area (Å²) in [6.45, 7) is 16.1. The number of anilines is 1. The zero-order chi connectivity index (χ0) is 30.1. The summed E-state index contributed by atoms with van der Waals surface area (Å²) in [4.78, 5) is 20.0. The van der Waals surface area contributed by atoms with Crippen LogP contribution in [0.5, 0.6) is 0 Å². The van der Waals surface area contributed by atoms with Crippen molar-refractivity contribution in [2.24, 2.45) is 5.92 Å². The fraction of sp³-hybridized carbons (Fsp3) is 0.485. The van der Waals surface area contributed by atoms with Gasteiger partial charge in [-0.3, -0.25) is 9.78 Å². The quantitative estimate of drug-likeness (QED) is 0.200. The monoisotopic (exact) mass is 589 g/mol. The molecule has 42 heavy (non-hydrogen) atoms. The molecular weight excluding hydrogens is 541 g/mol. The van der Waals surface area contributed by atoms with E-state index in [2.05, 4.69) is 69.3 Å². The Bertz CT molecular complexity index is 1320. The van der Waals surface area contributed by atoms with Crippen LogP contribution in [-0.2, 0) is 0 Å². The van der Waals surface area contributed by atoms with E-state index < -0.39 is 0 Å². The van der Waals surface area contributed by atoms with E-state index in [0.29, 0.717) is 17.7 Å². The molecule has 3 atom stereocenters. The molecule has 4 rings (SSSR count). The third kappa shape index (κ3) is 8.20. The van der Waals surface area contributed by atoms with E-state index in [1.165, 1.54) is 0 Å². The van der Waals surface area contributed by atoms with Crippen molar-refractivity contribution in [3.63, 3.8) is 0 Å². The molecule has 1 aliphatic rings. The van der Waals surface area contributed by atoms with Crippen LogP contribution in [0.25, 0.3) is 16.9 Å². The number of hydrogen-bond donors (Lipinski definition) is 3. The molecule has 3 heterocycles. The third-order valence-electron chi connectivity index (χ3n) is 8.13. The number of aromatic nitrogens is 3. The standard InChI is InChI=1S/C33H48N7OP/c1-6-11-28(20-23(3)22-42)35-25(5)36-32-24(4)31(38-40(32)29-12-9-8-10-13-29)26-14-17-34-30(21-26)33(41)37-27-15-18-39(7-2)19-16-27/h8-10,12-14,17,21,23,27-28,35-36H,5-7,11,15-16,18-20,22,42H2,1-4H3,(H,37,41)/t23?,28-/m1/s1. The van der Waals surface area contributed by atoms with E-state index in [4.69, 9.17) is 5.10 Å². The molecule has 2 unspecified atom stereocenters. The number of para-hydroxylation sites is 1. The van der Waals surface area contributed by atoms with E-state index in [9.17, 15) is 4.79 Å². The van der Waals surface area contributed by atoms with Crippen molar-refractivity contribution in [1.29, 1.82) is 0 Å². The van der Waals surface area contributed by atoms with Gasteiger partial charge in [-0.15, -0.1) is 9.24 Å². The summed E-state index contributed by atoms with van der Waals surface area (Å²) in [5.41, 5.74) is 3.96. The Morgan fingerprint density at radius 2 is 1.90 bits per heavy atom. The number of carbonyl (C=O) groups is 1. The zero-order valence-electron chi connectivity index (χ0n) is 25.7. The van der Waals surface area contributed by atoms with Gasteiger partial charge in [0.15, 0.2) is 0 Å². The molecule has 8 nitrogen and oxygen atoms in total. The maximum absolute atomic E-state index is 13.2. The number of carbonyl (C=O) groups excluding carboxylic acids is 1. The van der Waals surface area contributed by atoms with E-state index in [1.54, 1.807) is 6.20 Å². The first-order valence-electron chi connectivity index (χ1n) is 15.4. The highest BCUT2D eigenvalue weighted by Crippen LogP contribution is 2.31. The lowest BCUT2D eigenvalue weighted by Gasteiger charge is -2.31. The van der Waals surface area contributed by atoms with Crippen molar-refractivity contribution in [2.45, 2.75) is 71.9 Å². The van der Waals surface area contributed by atoms with Gasteiger partial charge in [-0.1, -0.05) is 52.0 Å². The largest absolute Gasteiger partial charge is 0.369 e. The molecular formula is C33H48N7OP. The zero-order valence-corrected chi connectivity index (χ0v) is 26.9. The van der Waals surface area contributed by atoms with E-state index in [-0.39, 0.29) is 11.9 Å². The normalized spacial score (nSPS) is 15.6. The Morgan fingerprint density at radius 3 is 2.57 bits per heavy atom. The van der Waals surface area contributed by atoms with Gasteiger partial charge in [0.05, 0.1) is 17.2 Å². The molecule has 0 saturated carbocycles. The fourth-order valence-corrected chi connectivity index (χ4v) is 5.83. The van der Waals surface area contributed by atoms with E-state index in [0.717, 1.165) is 92.0 Å². The van der Waals surface area contributed by atoms with Gasteiger partial charge >= 0.3 is 0 Å². The summed E-state index contributed by atoms with van der Waals surface area (Å²) < 4.78 is 1.92. The molecule has 0 bridgehead atoms. The maximum atomic E-state index is 13.2. The lowest BCUT2D eigenvalue weighted by atomic mass is 10.00. The Morgan fingerprint density at radius 1 is 1.17 bits per heavy atom. The molecule has 226 valence electrons. The highest BCUT2D eigenvalue weighted by atomic mass is 31.0. The first-order valence-corrected chi connectivity index (χ1v) is 16.2. The first kappa shape index (κ1) is 31.7. The number of nitrogens with one attached hydrogen (secondary N) is 3. The second kappa shape index (κ2) is 15.3. The lowest BCUT2D eigenvalue weighted by Crippen LogP contribution is -2.44. The molecule has 1 amide bonds. The van der Waals surface area contributed by atoms with Gasteiger partial charge in [0, 0.05) is 42.5 Å².